The average Bonchev–Trinajstić information content (AvgIpc) is 3.09. The lowest BCUT2D eigenvalue weighted by atomic mass is 10.0. The summed E-state index contributed by atoms with van der Waals surface area (Å²) in [5.41, 5.74) is 0.885. The molecule has 1 amide bonds. The summed E-state index contributed by atoms with van der Waals surface area (Å²) in [5, 5.41) is 22.1. The highest BCUT2D eigenvalue weighted by molar-refractivity contribution is 5.82. The van der Waals surface area contributed by atoms with Gasteiger partial charge in [0, 0.05) is 25.3 Å². The van der Waals surface area contributed by atoms with Gasteiger partial charge in [0.15, 0.2) is 11.5 Å². The number of likely N-dealkylation sites (tertiary alicyclic amines) is 1. The zero-order chi connectivity index (χ0) is 17.8. The smallest absolute Gasteiger partial charge is 0.237 e. The number of aromatic hydroxyl groups is 2. The lowest BCUT2D eigenvalue weighted by molar-refractivity contribution is -0.127. The summed E-state index contributed by atoms with van der Waals surface area (Å²) < 4.78 is 5.44. The van der Waals surface area contributed by atoms with Gasteiger partial charge in [0.25, 0.3) is 0 Å². The molecule has 2 saturated heterocycles. The first-order valence-electron chi connectivity index (χ1n) is 9.19. The quantitative estimate of drug-likeness (QED) is 0.707. The van der Waals surface area contributed by atoms with Gasteiger partial charge >= 0.3 is 0 Å². The first kappa shape index (κ1) is 18.0. The molecule has 6 heteroatoms. The summed E-state index contributed by atoms with van der Waals surface area (Å²) in [5.74, 6) is -0.157. The fourth-order valence-corrected chi connectivity index (χ4v) is 3.96. The van der Waals surface area contributed by atoms with Crippen molar-refractivity contribution >= 4 is 5.91 Å². The third kappa shape index (κ3) is 4.44. The van der Waals surface area contributed by atoms with Crippen LogP contribution in [0.1, 0.15) is 38.2 Å². The fraction of sp³-hybridized carbons (Fsp3) is 0.632. The van der Waals surface area contributed by atoms with Gasteiger partial charge in [0.05, 0.1) is 6.04 Å². The second-order valence-corrected chi connectivity index (χ2v) is 7.18. The minimum atomic E-state index is -0.127. The van der Waals surface area contributed by atoms with Gasteiger partial charge < -0.3 is 20.3 Å². The van der Waals surface area contributed by atoms with Gasteiger partial charge in [0.2, 0.25) is 5.91 Å². The second kappa shape index (κ2) is 8.06. The van der Waals surface area contributed by atoms with Crippen LogP contribution in [0.2, 0.25) is 0 Å². The number of nitrogens with one attached hydrogen (secondary N) is 1. The molecule has 2 fully saturated rings. The SMILES string of the molecule is C[C@@H](Cc1ccc(O)c(O)c1)NC(=O)[C@H]1CCCN1C1CCOCC1. The average molecular weight is 348 g/mol. The van der Waals surface area contributed by atoms with E-state index in [1.54, 1.807) is 12.1 Å². The van der Waals surface area contributed by atoms with Crippen LogP contribution in [0.4, 0.5) is 0 Å². The first-order valence-corrected chi connectivity index (χ1v) is 9.19. The van der Waals surface area contributed by atoms with Crippen LogP contribution in [0.25, 0.3) is 0 Å². The van der Waals surface area contributed by atoms with Gasteiger partial charge in [-0.05, 0) is 63.3 Å². The molecule has 0 radical (unpaired) electrons. The minimum absolute atomic E-state index is 0.0337. The van der Waals surface area contributed by atoms with Crippen LogP contribution in [0.3, 0.4) is 0 Å². The van der Waals surface area contributed by atoms with Gasteiger partial charge in [-0.1, -0.05) is 6.07 Å². The van der Waals surface area contributed by atoms with E-state index in [-0.39, 0.29) is 29.5 Å². The number of ether oxygens (including phenoxy) is 1. The van der Waals surface area contributed by atoms with E-state index in [9.17, 15) is 15.0 Å². The molecule has 0 spiro atoms. The maximum absolute atomic E-state index is 12.7. The summed E-state index contributed by atoms with van der Waals surface area (Å²) >= 11 is 0. The molecule has 3 rings (SSSR count). The lowest BCUT2D eigenvalue weighted by Crippen LogP contribution is -2.51. The Balaban J connectivity index is 1.55. The molecule has 0 bridgehead atoms. The molecular formula is C19H28N2O4. The Morgan fingerprint density at radius 3 is 2.76 bits per heavy atom. The molecule has 2 aliphatic heterocycles. The number of hydrogen-bond acceptors (Lipinski definition) is 5. The van der Waals surface area contributed by atoms with Crippen molar-refractivity contribution in [2.45, 2.75) is 57.2 Å². The van der Waals surface area contributed by atoms with E-state index >= 15 is 0 Å². The van der Waals surface area contributed by atoms with Crippen molar-refractivity contribution in [3.05, 3.63) is 23.8 Å². The number of phenolic OH excluding ortho intramolecular Hbond substituents is 2. The summed E-state index contributed by atoms with van der Waals surface area (Å²) in [7, 11) is 0. The van der Waals surface area contributed by atoms with E-state index < -0.39 is 0 Å². The molecule has 1 aromatic carbocycles. The van der Waals surface area contributed by atoms with E-state index in [1.807, 2.05) is 6.92 Å². The first-order chi connectivity index (χ1) is 12.0. The number of rotatable bonds is 5. The Morgan fingerprint density at radius 2 is 2.04 bits per heavy atom. The zero-order valence-corrected chi connectivity index (χ0v) is 14.8. The Kier molecular flexibility index (Phi) is 5.81. The van der Waals surface area contributed by atoms with Gasteiger partial charge in [-0.3, -0.25) is 9.69 Å². The summed E-state index contributed by atoms with van der Waals surface area (Å²) in [4.78, 5) is 15.1. The molecular weight excluding hydrogens is 320 g/mol. The van der Waals surface area contributed by atoms with Crippen molar-refractivity contribution in [1.29, 1.82) is 0 Å². The number of amides is 1. The number of benzene rings is 1. The maximum Gasteiger partial charge on any atom is 0.237 e. The predicted octanol–water partition coefficient (Wildman–Crippen LogP) is 1.79. The number of carbonyl (C=O) groups is 1. The Hall–Kier alpha value is -1.79. The van der Waals surface area contributed by atoms with Crippen molar-refractivity contribution in [3.8, 4) is 11.5 Å². The molecule has 138 valence electrons. The molecule has 2 heterocycles. The summed E-state index contributed by atoms with van der Waals surface area (Å²) in [6, 6.07) is 5.16. The van der Waals surface area contributed by atoms with E-state index in [0.717, 1.165) is 51.0 Å². The van der Waals surface area contributed by atoms with Gasteiger partial charge in [-0.25, -0.2) is 0 Å². The molecule has 25 heavy (non-hydrogen) atoms. The molecule has 0 saturated carbocycles. The Bertz CT molecular complexity index is 601. The molecule has 3 N–H and O–H groups in total. The predicted molar refractivity (Wildman–Crippen MR) is 94.6 cm³/mol. The molecule has 0 aromatic heterocycles. The van der Waals surface area contributed by atoms with E-state index in [1.165, 1.54) is 6.07 Å². The number of hydrogen-bond donors (Lipinski definition) is 3. The summed E-state index contributed by atoms with van der Waals surface area (Å²) in [6.07, 6.45) is 4.60. The van der Waals surface area contributed by atoms with Crippen molar-refractivity contribution in [3.63, 3.8) is 0 Å². The van der Waals surface area contributed by atoms with Crippen molar-refractivity contribution < 1.29 is 19.7 Å². The van der Waals surface area contributed by atoms with Crippen molar-refractivity contribution in [2.24, 2.45) is 0 Å². The van der Waals surface area contributed by atoms with Gasteiger partial charge in [0.1, 0.15) is 0 Å². The van der Waals surface area contributed by atoms with Crippen LogP contribution in [0.5, 0.6) is 11.5 Å². The maximum atomic E-state index is 12.7. The minimum Gasteiger partial charge on any atom is -0.504 e. The monoisotopic (exact) mass is 348 g/mol. The standard InChI is InChI=1S/C19H28N2O4/c1-13(11-14-4-5-17(22)18(23)12-14)20-19(24)16-3-2-8-21(16)15-6-9-25-10-7-15/h4-5,12-13,15-16,22-23H,2-3,6-11H2,1H3,(H,20,24)/t13-,16+/m0/s1. The van der Waals surface area contributed by atoms with E-state index in [0.29, 0.717) is 12.5 Å². The van der Waals surface area contributed by atoms with Gasteiger partial charge in [-0.2, -0.15) is 0 Å². The number of nitrogens with zero attached hydrogens (tertiary/aromatic N) is 1. The highest BCUT2D eigenvalue weighted by Gasteiger charge is 2.36. The Morgan fingerprint density at radius 1 is 1.28 bits per heavy atom. The summed E-state index contributed by atoms with van der Waals surface area (Å²) in [6.45, 7) is 4.53. The normalized spacial score (nSPS) is 23.5. The molecule has 6 nitrogen and oxygen atoms in total. The van der Waals surface area contributed by atoms with Crippen molar-refractivity contribution in [1.82, 2.24) is 10.2 Å². The second-order valence-electron chi connectivity index (χ2n) is 7.18. The number of phenols is 2. The molecule has 1 aromatic rings. The van der Waals surface area contributed by atoms with Crippen LogP contribution < -0.4 is 5.32 Å². The van der Waals surface area contributed by atoms with E-state index in [2.05, 4.69) is 10.2 Å². The lowest BCUT2D eigenvalue weighted by Gasteiger charge is -2.35. The van der Waals surface area contributed by atoms with Crippen LogP contribution in [-0.4, -0.2) is 58.9 Å². The third-order valence-corrected chi connectivity index (χ3v) is 5.23. The molecule has 0 unspecified atom stereocenters. The zero-order valence-electron chi connectivity index (χ0n) is 14.8. The van der Waals surface area contributed by atoms with Crippen LogP contribution in [0.15, 0.2) is 18.2 Å². The van der Waals surface area contributed by atoms with Gasteiger partial charge in [-0.15, -0.1) is 0 Å². The fourth-order valence-electron chi connectivity index (χ4n) is 3.96. The topological polar surface area (TPSA) is 82.0 Å². The van der Waals surface area contributed by atoms with Crippen LogP contribution >= 0.6 is 0 Å². The van der Waals surface area contributed by atoms with Crippen molar-refractivity contribution in [2.75, 3.05) is 19.8 Å². The highest BCUT2D eigenvalue weighted by Crippen LogP contribution is 2.27. The molecule has 2 atom stereocenters. The van der Waals surface area contributed by atoms with E-state index in [4.69, 9.17) is 4.74 Å². The molecule has 2 aliphatic rings. The highest BCUT2D eigenvalue weighted by atomic mass is 16.5. The number of carbonyl (C=O) groups excluding carboxylic acids is 1. The molecule has 0 aliphatic carbocycles. The van der Waals surface area contributed by atoms with Crippen LogP contribution in [0, 0.1) is 0 Å². The Labute approximate surface area is 148 Å². The third-order valence-electron chi connectivity index (χ3n) is 5.23. The largest absolute Gasteiger partial charge is 0.504 e. The van der Waals surface area contributed by atoms with Crippen LogP contribution in [-0.2, 0) is 16.0 Å².